The van der Waals surface area contributed by atoms with Crippen LogP contribution in [0.2, 0.25) is 18.1 Å². The Kier molecular flexibility index (Phi) is 6.56. The minimum Gasteiger partial charge on any atom is -0.414 e. The summed E-state index contributed by atoms with van der Waals surface area (Å²) in [5.74, 6) is -0.00103. The lowest BCUT2D eigenvalue weighted by molar-refractivity contribution is -0.167. The summed E-state index contributed by atoms with van der Waals surface area (Å²) in [5.41, 5.74) is -0.179. The number of fused-ring (bicyclic) bond motifs is 2. The first-order valence-corrected chi connectivity index (χ1v) is 13.4. The van der Waals surface area contributed by atoms with Gasteiger partial charge in [0.2, 0.25) is 0 Å². The largest absolute Gasteiger partial charge is 0.414 e. The molecule has 2 atom stereocenters. The van der Waals surface area contributed by atoms with E-state index in [9.17, 15) is 4.79 Å². The minimum absolute atomic E-state index is 0.00103. The Morgan fingerprint density at radius 1 is 1.10 bits per heavy atom. The molecule has 1 aromatic rings. The van der Waals surface area contributed by atoms with Crippen LogP contribution in [-0.4, -0.2) is 45.3 Å². The molecule has 2 aliphatic rings. The third-order valence-corrected chi connectivity index (χ3v) is 10.9. The van der Waals surface area contributed by atoms with Crippen molar-refractivity contribution in [1.82, 2.24) is 0 Å². The fourth-order valence-corrected chi connectivity index (χ4v) is 4.43. The van der Waals surface area contributed by atoms with Crippen LogP contribution in [0.4, 0.5) is 0 Å². The van der Waals surface area contributed by atoms with Crippen LogP contribution in [0.15, 0.2) is 54.6 Å². The number of carbonyl (C=O) groups is 1. The fraction of sp³-hybridized carbons (Fsp3) is 0.542. The van der Waals surface area contributed by atoms with E-state index in [0.717, 1.165) is 5.56 Å². The molecule has 2 bridgehead atoms. The van der Waals surface area contributed by atoms with Crippen LogP contribution >= 0.6 is 0 Å². The summed E-state index contributed by atoms with van der Waals surface area (Å²) in [6.45, 7) is 16.1. The van der Waals surface area contributed by atoms with Crippen molar-refractivity contribution in [1.29, 1.82) is 0 Å². The van der Waals surface area contributed by atoms with E-state index < -0.39 is 19.5 Å². The van der Waals surface area contributed by atoms with Gasteiger partial charge in [-0.25, -0.2) is 0 Å². The first kappa shape index (κ1) is 23.1. The molecule has 0 aliphatic carbocycles. The van der Waals surface area contributed by atoms with Crippen LogP contribution in [0.3, 0.4) is 0 Å². The fourth-order valence-electron chi connectivity index (χ4n) is 3.39. The molecular weight excluding hydrogens is 396 g/mol. The van der Waals surface area contributed by atoms with Gasteiger partial charge in [0.25, 0.3) is 0 Å². The molecule has 0 saturated carbocycles. The van der Waals surface area contributed by atoms with Crippen molar-refractivity contribution in [2.45, 2.75) is 63.1 Å². The van der Waals surface area contributed by atoms with E-state index in [1.54, 1.807) is 0 Å². The molecule has 30 heavy (non-hydrogen) atoms. The van der Waals surface area contributed by atoms with Crippen molar-refractivity contribution in [2.75, 3.05) is 20.0 Å². The maximum absolute atomic E-state index is 12.7. The molecule has 0 spiro atoms. The van der Waals surface area contributed by atoms with Gasteiger partial charge in [-0.3, -0.25) is 4.79 Å². The molecule has 0 N–H and O–H groups in total. The van der Waals surface area contributed by atoms with Gasteiger partial charge < -0.3 is 18.6 Å². The third kappa shape index (κ3) is 4.84. The number of ketones is 1. The number of carbonyl (C=O) groups excluding carboxylic acids is 1. The highest BCUT2D eigenvalue weighted by Gasteiger charge is 2.55. The second kappa shape index (κ2) is 8.52. The summed E-state index contributed by atoms with van der Waals surface area (Å²) in [4.78, 5) is 12.7. The molecule has 2 heterocycles. The van der Waals surface area contributed by atoms with E-state index in [-0.39, 0.29) is 30.6 Å². The average molecular weight is 431 g/mol. The Morgan fingerprint density at radius 2 is 1.80 bits per heavy atom. The van der Waals surface area contributed by atoms with Crippen molar-refractivity contribution < 1.29 is 23.4 Å². The number of hydrogen-bond acceptors (Lipinski definition) is 5. The molecule has 1 fully saturated rings. The van der Waals surface area contributed by atoms with E-state index in [2.05, 4.69) is 40.4 Å². The van der Waals surface area contributed by atoms with Crippen molar-refractivity contribution in [3.8, 4) is 0 Å². The van der Waals surface area contributed by atoms with Gasteiger partial charge in [0.1, 0.15) is 18.0 Å². The molecule has 3 rings (SSSR count). The lowest BCUT2D eigenvalue weighted by Gasteiger charge is -2.43. The van der Waals surface area contributed by atoms with Crippen molar-refractivity contribution >= 4 is 14.1 Å². The summed E-state index contributed by atoms with van der Waals surface area (Å²) < 4.78 is 24.1. The van der Waals surface area contributed by atoms with Crippen molar-refractivity contribution in [3.63, 3.8) is 0 Å². The molecule has 5 nitrogen and oxygen atoms in total. The van der Waals surface area contributed by atoms with Gasteiger partial charge in [-0.1, -0.05) is 63.8 Å². The summed E-state index contributed by atoms with van der Waals surface area (Å²) in [6.07, 6.45) is 4.13. The van der Waals surface area contributed by atoms with Gasteiger partial charge in [-0.2, -0.15) is 0 Å². The van der Waals surface area contributed by atoms with E-state index in [0.29, 0.717) is 18.8 Å². The first-order valence-electron chi connectivity index (χ1n) is 10.5. The maximum atomic E-state index is 12.7. The van der Waals surface area contributed by atoms with Crippen LogP contribution in [0.25, 0.3) is 0 Å². The second-order valence-electron chi connectivity index (χ2n) is 9.82. The van der Waals surface area contributed by atoms with Gasteiger partial charge >= 0.3 is 0 Å². The Hall–Kier alpha value is -1.57. The van der Waals surface area contributed by atoms with Gasteiger partial charge in [-0.05, 0) is 29.8 Å². The number of Topliss-reactive ketones (excluding diaryl/α,β-unsaturated/α-hetero) is 1. The smallest absolute Gasteiger partial charge is 0.192 e. The van der Waals surface area contributed by atoms with Crippen molar-refractivity contribution in [2.24, 2.45) is 0 Å². The van der Waals surface area contributed by atoms with E-state index >= 15 is 0 Å². The third-order valence-electron chi connectivity index (χ3n) is 6.43. The van der Waals surface area contributed by atoms with Crippen LogP contribution in [0.5, 0.6) is 0 Å². The van der Waals surface area contributed by atoms with Crippen molar-refractivity contribution in [3.05, 3.63) is 60.2 Å². The zero-order chi connectivity index (χ0) is 22.0. The lowest BCUT2D eigenvalue weighted by atomic mass is 9.87. The molecule has 6 heteroatoms. The Bertz CT molecular complexity index is 811. The highest BCUT2D eigenvalue weighted by molar-refractivity contribution is 6.74. The number of benzene rings is 1. The highest BCUT2D eigenvalue weighted by atomic mass is 28.4. The predicted octanol–water partition coefficient (Wildman–Crippen LogP) is 4.79. The molecule has 0 radical (unpaired) electrons. The first-order chi connectivity index (χ1) is 14.0. The van der Waals surface area contributed by atoms with Crippen LogP contribution < -0.4 is 0 Å². The standard InChI is InChI=1S/C24H34O5Si/c1-19-21(25)14-23(16-28-30(5,6)22(2,3)4)12-13-24(19,29-23)17-27-18-26-15-20-10-8-7-9-11-20/h7-13H,1,14-18H2,2-6H3/t23-,24-/m0/s1. The molecule has 0 aromatic heterocycles. The average Bonchev–Trinajstić information content (AvgIpc) is 3.01. The summed E-state index contributed by atoms with van der Waals surface area (Å²) in [6, 6.07) is 9.91. The number of rotatable bonds is 9. The molecule has 2 aliphatic heterocycles. The zero-order valence-corrected chi connectivity index (χ0v) is 19.8. The normalized spacial score (nSPS) is 26.4. The van der Waals surface area contributed by atoms with Gasteiger partial charge in [0, 0.05) is 12.0 Å². The molecule has 1 saturated heterocycles. The molecule has 0 unspecified atom stereocenters. The highest BCUT2D eigenvalue weighted by Crippen LogP contribution is 2.46. The monoisotopic (exact) mass is 430 g/mol. The summed E-state index contributed by atoms with van der Waals surface area (Å²) >= 11 is 0. The SMILES string of the molecule is C=C1C(=O)C[C@]2(CO[Si](C)(C)C(C)(C)C)C=C[C@@]1(COCOCc1ccccc1)O2. The molecular formula is C24H34O5Si. The van der Waals surface area contributed by atoms with E-state index in [1.165, 1.54) is 0 Å². The lowest BCUT2D eigenvalue weighted by Crippen LogP contribution is -2.53. The van der Waals surface area contributed by atoms with Gasteiger partial charge in [0.15, 0.2) is 14.1 Å². The Labute approximate surface area is 181 Å². The van der Waals surface area contributed by atoms with E-state index in [4.69, 9.17) is 18.6 Å². The zero-order valence-electron chi connectivity index (χ0n) is 18.8. The summed E-state index contributed by atoms with van der Waals surface area (Å²) in [5, 5.41) is 0.0878. The molecule has 1 aromatic carbocycles. The number of ether oxygens (including phenoxy) is 3. The van der Waals surface area contributed by atoms with Crippen LogP contribution in [0.1, 0.15) is 32.8 Å². The maximum Gasteiger partial charge on any atom is 0.192 e. The molecule has 0 amide bonds. The number of hydrogen-bond donors (Lipinski definition) is 0. The second-order valence-corrected chi connectivity index (χ2v) is 14.6. The summed E-state index contributed by atoms with van der Waals surface area (Å²) in [7, 11) is -1.96. The Morgan fingerprint density at radius 3 is 2.47 bits per heavy atom. The van der Waals surface area contributed by atoms with Crippen LogP contribution in [-0.2, 0) is 30.0 Å². The quantitative estimate of drug-likeness (QED) is 0.185. The molecule has 164 valence electrons. The van der Waals surface area contributed by atoms with Gasteiger partial charge in [-0.15, -0.1) is 0 Å². The van der Waals surface area contributed by atoms with E-state index in [1.807, 2.05) is 42.5 Å². The predicted molar refractivity (Wildman–Crippen MR) is 120 cm³/mol. The van der Waals surface area contributed by atoms with Crippen LogP contribution in [0, 0.1) is 0 Å². The Balaban J connectivity index is 1.57. The topological polar surface area (TPSA) is 54.0 Å². The minimum atomic E-state index is -1.96. The van der Waals surface area contributed by atoms with Gasteiger partial charge in [0.05, 0.1) is 19.8 Å².